The zero-order valence-corrected chi connectivity index (χ0v) is 12.3. The van der Waals surface area contributed by atoms with Crippen LogP contribution in [0.3, 0.4) is 0 Å². The lowest BCUT2D eigenvalue weighted by atomic mass is 10.1. The van der Waals surface area contributed by atoms with Crippen LogP contribution in [0.5, 0.6) is 5.88 Å². The highest BCUT2D eigenvalue weighted by Gasteiger charge is 2.09. The summed E-state index contributed by atoms with van der Waals surface area (Å²) in [6.45, 7) is 6.89. The van der Waals surface area contributed by atoms with Crippen LogP contribution in [-0.4, -0.2) is 37.9 Å². The number of nitrogens with one attached hydrogen (secondary N) is 1. The van der Waals surface area contributed by atoms with E-state index in [1.54, 1.807) is 7.11 Å². The second-order valence-electron chi connectivity index (χ2n) is 4.64. The summed E-state index contributed by atoms with van der Waals surface area (Å²) in [5.41, 5.74) is 1.20. The van der Waals surface area contributed by atoms with Crippen molar-refractivity contribution in [1.82, 2.24) is 10.3 Å². The fraction of sp³-hybridized carbons (Fsp3) is 0.667. The number of hydrogen-bond acceptors (Lipinski definition) is 4. The predicted molar refractivity (Wildman–Crippen MR) is 77.7 cm³/mol. The molecule has 4 heteroatoms. The molecule has 1 aromatic heterocycles. The summed E-state index contributed by atoms with van der Waals surface area (Å²) in [5, 5.41) is 3.52. The third-order valence-electron chi connectivity index (χ3n) is 2.84. The number of hydrogen-bond donors (Lipinski definition) is 1. The van der Waals surface area contributed by atoms with Gasteiger partial charge in [-0.3, -0.25) is 0 Å². The maximum Gasteiger partial charge on any atom is 0.212 e. The SMILES string of the molecule is CCCNC(COCCC)Cc1ccc(OC)nc1. The molecule has 0 aromatic carbocycles. The fourth-order valence-corrected chi connectivity index (χ4v) is 1.85. The van der Waals surface area contributed by atoms with Crippen LogP contribution < -0.4 is 10.1 Å². The van der Waals surface area contributed by atoms with Gasteiger partial charge in [-0.15, -0.1) is 0 Å². The zero-order valence-electron chi connectivity index (χ0n) is 12.3. The van der Waals surface area contributed by atoms with Crippen LogP contribution in [0, 0.1) is 0 Å². The van der Waals surface area contributed by atoms with E-state index in [-0.39, 0.29) is 0 Å². The average Bonchev–Trinajstić information content (AvgIpc) is 2.45. The first-order valence-electron chi connectivity index (χ1n) is 7.10. The van der Waals surface area contributed by atoms with Gasteiger partial charge in [-0.25, -0.2) is 4.98 Å². The molecule has 0 spiro atoms. The lowest BCUT2D eigenvalue weighted by molar-refractivity contribution is 0.111. The van der Waals surface area contributed by atoms with E-state index >= 15 is 0 Å². The van der Waals surface area contributed by atoms with Crippen molar-refractivity contribution in [2.45, 2.75) is 39.2 Å². The number of ether oxygens (including phenoxy) is 2. The second kappa shape index (κ2) is 9.75. The molecule has 0 saturated carbocycles. The van der Waals surface area contributed by atoms with Gasteiger partial charge >= 0.3 is 0 Å². The molecule has 0 aliphatic carbocycles. The van der Waals surface area contributed by atoms with E-state index < -0.39 is 0 Å². The van der Waals surface area contributed by atoms with E-state index in [1.165, 1.54) is 5.56 Å². The van der Waals surface area contributed by atoms with Crippen LogP contribution in [-0.2, 0) is 11.2 Å². The minimum Gasteiger partial charge on any atom is -0.481 e. The number of pyridine rings is 1. The number of aromatic nitrogens is 1. The van der Waals surface area contributed by atoms with Crippen LogP contribution in [0.15, 0.2) is 18.3 Å². The molecule has 1 heterocycles. The zero-order chi connectivity index (χ0) is 13.9. The Labute approximate surface area is 116 Å². The summed E-state index contributed by atoms with van der Waals surface area (Å²) in [4.78, 5) is 4.24. The Morgan fingerprint density at radius 1 is 1.26 bits per heavy atom. The Bertz CT molecular complexity index is 327. The molecule has 19 heavy (non-hydrogen) atoms. The van der Waals surface area contributed by atoms with Crippen LogP contribution in [0.25, 0.3) is 0 Å². The van der Waals surface area contributed by atoms with Crippen LogP contribution >= 0.6 is 0 Å². The Kier molecular flexibility index (Phi) is 8.18. The van der Waals surface area contributed by atoms with E-state index in [0.29, 0.717) is 11.9 Å². The largest absolute Gasteiger partial charge is 0.481 e. The molecule has 0 aliphatic heterocycles. The highest BCUT2D eigenvalue weighted by molar-refractivity contribution is 5.18. The Balaban J connectivity index is 2.48. The molecule has 0 bridgehead atoms. The van der Waals surface area contributed by atoms with Gasteiger partial charge in [-0.2, -0.15) is 0 Å². The van der Waals surface area contributed by atoms with E-state index in [9.17, 15) is 0 Å². The van der Waals surface area contributed by atoms with Crippen molar-refractivity contribution in [3.05, 3.63) is 23.9 Å². The van der Waals surface area contributed by atoms with Crippen molar-refractivity contribution in [1.29, 1.82) is 0 Å². The first-order valence-corrected chi connectivity index (χ1v) is 7.10. The topological polar surface area (TPSA) is 43.4 Å². The van der Waals surface area contributed by atoms with E-state index in [4.69, 9.17) is 9.47 Å². The summed E-state index contributed by atoms with van der Waals surface area (Å²) in [5.74, 6) is 0.657. The average molecular weight is 266 g/mol. The normalized spacial score (nSPS) is 12.4. The van der Waals surface area contributed by atoms with Crippen LogP contribution in [0.2, 0.25) is 0 Å². The maximum atomic E-state index is 5.65. The lowest BCUT2D eigenvalue weighted by Crippen LogP contribution is -2.36. The lowest BCUT2D eigenvalue weighted by Gasteiger charge is -2.18. The highest BCUT2D eigenvalue weighted by atomic mass is 16.5. The predicted octanol–water partition coefficient (Wildman–Crippen LogP) is 2.43. The van der Waals surface area contributed by atoms with E-state index in [2.05, 4.69) is 30.2 Å². The number of rotatable bonds is 10. The maximum absolute atomic E-state index is 5.65. The molecule has 108 valence electrons. The summed E-state index contributed by atoms with van der Waals surface area (Å²) in [6.07, 6.45) is 5.00. The summed E-state index contributed by atoms with van der Waals surface area (Å²) < 4.78 is 10.7. The molecule has 1 atom stereocenters. The Hall–Kier alpha value is -1.13. The third kappa shape index (κ3) is 6.55. The highest BCUT2D eigenvalue weighted by Crippen LogP contribution is 2.09. The third-order valence-corrected chi connectivity index (χ3v) is 2.84. The van der Waals surface area contributed by atoms with Crippen LogP contribution in [0.1, 0.15) is 32.3 Å². The van der Waals surface area contributed by atoms with Crippen molar-refractivity contribution < 1.29 is 9.47 Å². The quantitative estimate of drug-likeness (QED) is 0.661. The van der Waals surface area contributed by atoms with Gasteiger partial charge in [0.15, 0.2) is 0 Å². The van der Waals surface area contributed by atoms with Gasteiger partial charge in [0.25, 0.3) is 0 Å². The Morgan fingerprint density at radius 3 is 2.68 bits per heavy atom. The molecular formula is C15H26N2O2. The fourth-order valence-electron chi connectivity index (χ4n) is 1.85. The van der Waals surface area contributed by atoms with Gasteiger partial charge < -0.3 is 14.8 Å². The van der Waals surface area contributed by atoms with Crippen molar-refractivity contribution in [2.24, 2.45) is 0 Å². The second-order valence-corrected chi connectivity index (χ2v) is 4.64. The number of methoxy groups -OCH3 is 1. The summed E-state index contributed by atoms with van der Waals surface area (Å²) in [7, 11) is 1.63. The van der Waals surface area contributed by atoms with Gasteiger partial charge in [-0.1, -0.05) is 19.9 Å². The molecule has 0 amide bonds. The molecule has 1 unspecified atom stereocenters. The van der Waals surface area contributed by atoms with Crippen molar-refractivity contribution >= 4 is 0 Å². The van der Waals surface area contributed by atoms with Crippen LogP contribution in [0.4, 0.5) is 0 Å². The first kappa shape index (κ1) is 15.9. The molecule has 4 nitrogen and oxygen atoms in total. The van der Waals surface area contributed by atoms with Gasteiger partial charge in [0.05, 0.1) is 13.7 Å². The molecule has 0 aliphatic rings. The molecule has 0 fully saturated rings. The monoisotopic (exact) mass is 266 g/mol. The summed E-state index contributed by atoms with van der Waals surface area (Å²) >= 11 is 0. The molecule has 0 saturated heterocycles. The van der Waals surface area contributed by atoms with Gasteiger partial charge in [0, 0.05) is 24.9 Å². The van der Waals surface area contributed by atoms with E-state index in [0.717, 1.165) is 39.0 Å². The van der Waals surface area contributed by atoms with Crippen molar-refractivity contribution in [3.63, 3.8) is 0 Å². The molecule has 1 rings (SSSR count). The van der Waals surface area contributed by atoms with Gasteiger partial charge in [0.1, 0.15) is 0 Å². The summed E-state index contributed by atoms with van der Waals surface area (Å²) in [6, 6.07) is 4.31. The minimum absolute atomic E-state index is 0.349. The minimum atomic E-state index is 0.349. The van der Waals surface area contributed by atoms with Crippen molar-refractivity contribution in [2.75, 3.05) is 26.9 Å². The standard InChI is InChI=1S/C15H26N2O2/c1-4-8-16-14(12-19-9-5-2)10-13-6-7-15(18-3)17-11-13/h6-7,11,14,16H,4-5,8-10,12H2,1-3H3. The van der Waals surface area contributed by atoms with Gasteiger partial charge in [-0.05, 0) is 31.4 Å². The Morgan fingerprint density at radius 2 is 2.11 bits per heavy atom. The molecule has 1 aromatic rings. The smallest absolute Gasteiger partial charge is 0.212 e. The molecule has 1 N–H and O–H groups in total. The van der Waals surface area contributed by atoms with Crippen molar-refractivity contribution in [3.8, 4) is 5.88 Å². The molecular weight excluding hydrogens is 240 g/mol. The van der Waals surface area contributed by atoms with E-state index in [1.807, 2.05) is 12.3 Å². The molecule has 0 radical (unpaired) electrons. The van der Waals surface area contributed by atoms with Gasteiger partial charge in [0.2, 0.25) is 5.88 Å². The first-order chi connectivity index (χ1) is 9.30. The number of nitrogens with zero attached hydrogens (tertiary/aromatic N) is 1.